The lowest BCUT2D eigenvalue weighted by atomic mass is 9.93. The predicted molar refractivity (Wildman–Crippen MR) is 178 cm³/mol. The Morgan fingerprint density at radius 3 is 2.68 bits per heavy atom. The van der Waals surface area contributed by atoms with Gasteiger partial charge in [-0.15, -0.1) is 0 Å². The van der Waals surface area contributed by atoms with Crippen molar-refractivity contribution in [3.8, 4) is 5.88 Å². The van der Waals surface area contributed by atoms with Gasteiger partial charge >= 0.3 is 0 Å². The summed E-state index contributed by atoms with van der Waals surface area (Å²) >= 11 is 5.87. The highest BCUT2D eigenvalue weighted by atomic mass is 35.5. The largest absolute Gasteiger partial charge is 0.473 e. The number of aryl methyl sites for hydroxylation is 1. The third kappa shape index (κ3) is 7.15. The number of rotatable bonds is 10. The molecule has 0 saturated carbocycles. The average molecular weight is 655 g/mol. The van der Waals surface area contributed by atoms with E-state index in [4.69, 9.17) is 31.0 Å². The third-order valence-electron chi connectivity index (χ3n) is 9.02. The van der Waals surface area contributed by atoms with E-state index in [1.807, 2.05) is 37.3 Å². The Kier molecular flexibility index (Phi) is 9.15. The first-order valence-electron chi connectivity index (χ1n) is 16.0. The predicted octanol–water partition coefficient (Wildman–Crippen LogP) is 6.93. The lowest BCUT2D eigenvalue weighted by Gasteiger charge is -2.32. The molecular weight excluding hydrogens is 619 g/mol. The van der Waals surface area contributed by atoms with Gasteiger partial charge in [-0.1, -0.05) is 23.7 Å². The summed E-state index contributed by atoms with van der Waals surface area (Å²) in [4.78, 5) is 29.4. The number of nitrogens with zero attached hydrogens (tertiary/aromatic N) is 5. The molecule has 9 nitrogen and oxygen atoms in total. The van der Waals surface area contributed by atoms with Crippen LogP contribution in [-0.2, 0) is 24.4 Å². The van der Waals surface area contributed by atoms with Crippen LogP contribution in [0.5, 0.6) is 5.88 Å². The van der Waals surface area contributed by atoms with Crippen molar-refractivity contribution in [1.82, 2.24) is 24.4 Å². The number of hydrogen-bond acceptors (Lipinski definition) is 7. The molecule has 3 aromatic heterocycles. The smallest absolute Gasteiger partial charge is 0.257 e. The molecule has 0 aliphatic carbocycles. The van der Waals surface area contributed by atoms with Gasteiger partial charge < -0.3 is 19.4 Å². The van der Waals surface area contributed by atoms with Crippen molar-refractivity contribution in [2.45, 2.75) is 57.9 Å². The van der Waals surface area contributed by atoms with Gasteiger partial charge in [0.25, 0.3) is 5.91 Å². The van der Waals surface area contributed by atoms with Crippen LogP contribution in [0.25, 0.3) is 11.0 Å². The van der Waals surface area contributed by atoms with Crippen LogP contribution in [0.15, 0.2) is 72.9 Å². The fourth-order valence-corrected chi connectivity index (χ4v) is 6.41. The number of ether oxygens (including phenoxy) is 2. The normalized spacial score (nSPS) is 17.0. The number of anilines is 1. The maximum atomic E-state index is 14.2. The molecule has 2 saturated heterocycles. The Morgan fingerprint density at radius 1 is 1.06 bits per heavy atom. The summed E-state index contributed by atoms with van der Waals surface area (Å²) in [6.07, 6.45) is 4.81. The summed E-state index contributed by atoms with van der Waals surface area (Å²) in [5.41, 5.74) is 5.22. The fraction of sp³-hybridized carbons (Fsp3) is 0.333. The van der Waals surface area contributed by atoms with Gasteiger partial charge in [-0.05, 0) is 87.8 Å². The van der Waals surface area contributed by atoms with Crippen molar-refractivity contribution < 1.29 is 18.7 Å². The van der Waals surface area contributed by atoms with Gasteiger partial charge in [-0.25, -0.2) is 14.4 Å². The fourth-order valence-electron chi connectivity index (χ4n) is 6.25. The molecule has 2 aromatic carbocycles. The highest BCUT2D eigenvalue weighted by molar-refractivity contribution is 6.30. The first kappa shape index (κ1) is 31.2. The molecule has 47 heavy (non-hydrogen) atoms. The molecule has 2 fully saturated rings. The van der Waals surface area contributed by atoms with Gasteiger partial charge in [0.05, 0.1) is 35.8 Å². The van der Waals surface area contributed by atoms with Crippen molar-refractivity contribution >= 4 is 34.2 Å². The molecule has 11 heteroatoms. The second-order valence-corrected chi connectivity index (χ2v) is 12.6. The Bertz CT molecular complexity index is 1900. The van der Waals surface area contributed by atoms with Crippen molar-refractivity contribution in [2.75, 3.05) is 25.0 Å². The quantitative estimate of drug-likeness (QED) is 0.175. The number of fused-ring (bicyclic) bond motifs is 1. The number of carbonyl (C=O) groups excluding carboxylic acids is 1. The van der Waals surface area contributed by atoms with Gasteiger partial charge in [-0.3, -0.25) is 14.7 Å². The van der Waals surface area contributed by atoms with Crippen LogP contribution in [-0.4, -0.2) is 56.1 Å². The zero-order chi connectivity index (χ0) is 32.3. The number of nitrogens with one attached hydrogen (secondary N) is 1. The molecule has 0 spiro atoms. The van der Waals surface area contributed by atoms with Crippen molar-refractivity contribution in [3.63, 3.8) is 0 Å². The van der Waals surface area contributed by atoms with E-state index in [-0.39, 0.29) is 18.6 Å². The molecule has 0 radical (unpaired) electrons. The van der Waals surface area contributed by atoms with E-state index in [9.17, 15) is 9.18 Å². The molecule has 5 aromatic rings. The Morgan fingerprint density at radius 2 is 1.91 bits per heavy atom. The van der Waals surface area contributed by atoms with Gasteiger partial charge in [-0.2, -0.15) is 0 Å². The van der Waals surface area contributed by atoms with E-state index < -0.39 is 5.82 Å². The summed E-state index contributed by atoms with van der Waals surface area (Å²) in [5, 5.41) is 3.37. The van der Waals surface area contributed by atoms with Crippen LogP contribution >= 0.6 is 11.6 Å². The van der Waals surface area contributed by atoms with E-state index in [0.29, 0.717) is 45.9 Å². The molecule has 5 heterocycles. The molecule has 2 aliphatic rings. The molecule has 1 N–H and O–H groups in total. The highest BCUT2D eigenvalue weighted by Gasteiger charge is 2.26. The third-order valence-corrected chi connectivity index (χ3v) is 9.26. The first-order valence-corrected chi connectivity index (χ1v) is 16.4. The number of imidazole rings is 1. The molecule has 1 atom stereocenters. The number of aromatic nitrogens is 4. The number of piperidine rings is 1. The molecule has 242 valence electrons. The lowest BCUT2D eigenvalue weighted by Crippen LogP contribution is -2.35. The van der Waals surface area contributed by atoms with E-state index in [0.717, 1.165) is 68.1 Å². The molecular formula is C36H36ClFN6O3. The Balaban J connectivity index is 1.01. The number of halogens is 2. The summed E-state index contributed by atoms with van der Waals surface area (Å²) in [6.45, 7) is 5.98. The van der Waals surface area contributed by atoms with Gasteiger partial charge in [0.2, 0.25) is 5.88 Å². The van der Waals surface area contributed by atoms with E-state index >= 15 is 0 Å². The van der Waals surface area contributed by atoms with Crippen molar-refractivity contribution in [2.24, 2.45) is 0 Å². The highest BCUT2D eigenvalue weighted by Crippen LogP contribution is 2.30. The molecule has 7 rings (SSSR count). The Labute approximate surface area is 277 Å². The zero-order valence-electron chi connectivity index (χ0n) is 26.2. The number of pyridine rings is 2. The van der Waals surface area contributed by atoms with Gasteiger partial charge in [0.1, 0.15) is 18.2 Å². The average Bonchev–Trinajstić information content (AvgIpc) is 3.38. The maximum Gasteiger partial charge on any atom is 0.257 e. The van der Waals surface area contributed by atoms with Crippen LogP contribution in [0, 0.1) is 12.7 Å². The molecule has 1 amide bonds. The number of likely N-dealkylation sites (tertiary alicyclic amines) is 1. The van der Waals surface area contributed by atoms with Crippen LogP contribution in [0.3, 0.4) is 0 Å². The van der Waals surface area contributed by atoms with Gasteiger partial charge in [0, 0.05) is 52.4 Å². The minimum atomic E-state index is -0.391. The SMILES string of the molecule is Cc1ncccc1C(=O)Nc1ccc2c(c1)nc(CN1CCC(c3cccc(OCc4ccc(Cl)cc4F)n3)CC1)n2C[C@@H]1CCO1. The monoisotopic (exact) mass is 654 g/mol. The number of carbonyl (C=O) groups is 1. The standard InChI is InChI=1S/C36H36ClFN6O3/c1-23-29(4-3-14-39-23)36(45)40-27-9-10-33-32(19-27)41-34(44(33)20-28-13-17-46-28)21-43-15-11-24(12-16-43)31-5-2-6-35(42-31)47-22-25-7-8-26(37)18-30(25)38/h2-10,14,18-19,24,28H,11-13,15-17,20-22H2,1H3,(H,40,45)/t28-/m0/s1. The minimum Gasteiger partial charge on any atom is -0.473 e. The topological polar surface area (TPSA) is 94.4 Å². The first-order chi connectivity index (χ1) is 22.9. The summed E-state index contributed by atoms with van der Waals surface area (Å²) in [6, 6.07) is 19.8. The molecule has 0 bridgehead atoms. The lowest BCUT2D eigenvalue weighted by molar-refractivity contribution is -0.0592. The second-order valence-electron chi connectivity index (χ2n) is 12.2. The van der Waals surface area contributed by atoms with Crippen molar-refractivity contribution in [3.05, 3.63) is 112 Å². The van der Waals surface area contributed by atoms with E-state index in [1.165, 1.54) is 6.07 Å². The second kappa shape index (κ2) is 13.8. The maximum absolute atomic E-state index is 14.2. The number of amides is 1. The zero-order valence-corrected chi connectivity index (χ0v) is 26.9. The van der Waals surface area contributed by atoms with Crippen LogP contribution in [0.2, 0.25) is 5.02 Å². The van der Waals surface area contributed by atoms with Gasteiger partial charge in [0.15, 0.2) is 0 Å². The van der Waals surface area contributed by atoms with Crippen molar-refractivity contribution in [1.29, 1.82) is 0 Å². The number of hydrogen-bond donors (Lipinski definition) is 1. The summed E-state index contributed by atoms with van der Waals surface area (Å²) in [7, 11) is 0. The minimum absolute atomic E-state index is 0.0861. The van der Waals surface area contributed by atoms with E-state index in [2.05, 4.69) is 19.8 Å². The van der Waals surface area contributed by atoms with Crippen LogP contribution < -0.4 is 10.1 Å². The van der Waals surface area contributed by atoms with E-state index in [1.54, 1.807) is 36.5 Å². The number of benzene rings is 2. The summed E-state index contributed by atoms with van der Waals surface area (Å²) < 4.78 is 28.1. The molecule has 2 aliphatic heterocycles. The van der Waals surface area contributed by atoms with Crippen LogP contribution in [0.1, 0.15) is 58.3 Å². The Hall–Kier alpha value is -4.38. The molecule has 0 unspecified atom stereocenters. The summed E-state index contributed by atoms with van der Waals surface area (Å²) in [5.74, 6) is 1.19. The van der Waals surface area contributed by atoms with Crippen LogP contribution in [0.4, 0.5) is 10.1 Å².